The standard InChI is InChI=1S/C20H23BrN4O3S/c1-23(20(28)16-6-7-17(21)29-16)13-18(26)25-10-8-24(9-11-25)12-14-2-4-15(5-3-14)19(22)27/h2-7H,8-13H2,1H3,(H2,22,27). The third-order valence-electron chi connectivity index (χ3n) is 4.87. The van der Waals surface area contributed by atoms with Crippen LogP contribution in [-0.4, -0.2) is 72.2 Å². The van der Waals surface area contributed by atoms with Gasteiger partial charge in [0.05, 0.1) is 15.2 Å². The molecule has 2 N–H and O–H groups in total. The number of amides is 3. The second-order valence-electron chi connectivity index (χ2n) is 6.98. The summed E-state index contributed by atoms with van der Waals surface area (Å²) in [6.45, 7) is 3.61. The zero-order valence-corrected chi connectivity index (χ0v) is 18.5. The number of carbonyl (C=O) groups is 3. The number of hydrogen-bond acceptors (Lipinski definition) is 5. The second-order valence-corrected chi connectivity index (χ2v) is 9.45. The van der Waals surface area contributed by atoms with E-state index in [9.17, 15) is 14.4 Å². The van der Waals surface area contributed by atoms with E-state index in [1.807, 2.05) is 18.2 Å². The van der Waals surface area contributed by atoms with E-state index in [0.29, 0.717) is 23.5 Å². The molecule has 0 aliphatic carbocycles. The molecule has 3 amide bonds. The average molecular weight is 479 g/mol. The summed E-state index contributed by atoms with van der Waals surface area (Å²) < 4.78 is 0.890. The van der Waals surface area contributed by atoms with E-state index >= 15 is 0 Å². The fourth-order valence-corrected chi connectivity index (χ4v) is 4.56. The number of rotatable bonds is 6. The SMILES string of the molecule is CN(CC(=O)N1CCN(Cc2ccc(C(N)=O)cc2)CC1)C(=O)c1ccc(Br)s1. The lowest BCUT2D eigenvalue weighted by atomic mass is 10.1. The van der Waals surface area contributed by atoms with Crippen LogP contribution in [0.5, 0.6) is 0 Å². The predicted octanol–water partition coefficient (Wildman–Crippen LogP) is 2.03. The molecule has 154 valence electrons. The number of nitrogens with zero attached hydrogens (tertiary/aromatic N) is 3. The molecular weight excluding hydrogens is 456 g/mol. The van der Waals surface area contributed by atoms with E-state index < -0.39 is 5.91 Å². The van der Waals surface area contributed by atoms with E-state index in [-0.39, 0.29) is 18.4 Å². The van der Waals surface area contributed by atoms with Crippen LogP contribution in [0, 0.1) is 0 Å². The Morgan fingerprint density at radius 1 is 1.07 bits per heavy atom. The van der Waals surface area contributed by atoms with Crippen LogP contribution >= 0.6 is 27.3 Å². The lowest BCUT2D eigenvalue weighted by Gasteiger charge is -2.35. The number of benzene rings is 1. The Hall–Kier alpha value is -2.23. The first-order valence-corrected chi connectivity index (χ1v) is 10.8. The molecule has 29 heavy (non-hydrogen) atoms. The summed E-state index contributed by atoms with van der Waals surface area (Å²) >= 11 is 4.71. The molecule has 1 aromatic carbocycles. The topological polar surface area (TPSA) is 86.9 Å². The highest BCUT2D eigenvalue weighted by atomic mass is 79.9. The zero-order valence-electron chi connectivity index (χ0n) is 16.1. The molecule has 7 nitrogen and oxygen atoms in total. The first-order valence-electron chi connectivity index (χ1n) is 9.23. The van der Waals surface area contributed by atoms with Gasteiger partial charge in [0.25, 0.3) is 5.91 Å². The molecule has 1 aliphatic rings. The summed E-state index contributed by atoms with van der Waals surface area (Å²) in [6, 6.07) is 10.9. The maximum atomic E-state index is 12.6. The number of primary amides is 1. The molecule has 1 aliphatic heterocycles. The van der Waals surface area contributed by atoms with Gasteiger partial charge in [0.2, 0.25) is 11.8 Å². The van der Waals surface area contributed by atoms with Crippen LogP contribution in [0.15, 0.2) is 40.2 Å². The molecule has 2 aromatic rings. The number of halogens is 1. The summed E-state index contributed by atoms with van der Waals surface area (Å²) in [5.74, 6) is -0.618. The van der Waals surface area contributed by atoms with Gasteiger partial charge in [-0.15, -0.1) is 11.3 Å². The Morgan fingerprint density at radius 2 is 1.72 bits per heavy atom. The van der Waals surface area contributed by atoms with E-state index in [4.69, 9.17) is 5.73 Å². The van der Waals surface area contributed by atoms with E-state index in [1.165, 1.54) is 16.2 Å². The number of nitrogens with two attached hydrogens (primary N) is 1. The van der Waals surface area contributed by atoms with Gasteiger partial charge in [-0.1, -0.05) is 12.1 Å². The lowest BCUT2D eigenvalue weighted by molar-refractivity contribution is -0.133. The van der Waals surface area contributed by atoms with E-state index in [1.54, 1.807) is 30.1 Å². The van der Waals surface area contributed by atoms with Crippen molar-refractivity contribution in [3.8, 4) is 0 Å². The fourth-order valence-electron chi connectivity index (χ4n) is 3.18. The van der Waals surface area contributed by atoms with Crippen LogP contribution in [0.4, 0.5) is 0 Å². The zero-order chi connectivity index (χ0) is 21.0. The van der Waals surface area contributed by atoms with Gasteiger partial charge in [0, 0.05) is 45.3 Å². The minimum atomic E-state index is -0.432. The summed E-state index contributed by atoms with van der Waals surface area (Å²) in [4.78, 5) is 42.3. The van der Waals surface area contributed by atoms with Crippen molar-refractivity contribution in [1.82, 2.24) is 14.7 Å². The molecule has 0 saturated carbocycles. The van der Waals surface area contributed by atoms with Crippen LogP contribution in [0.2, 0.25) is 0 Å². The lowest BCUT2D eigenvalue weighted by Crippen LogP contribution is -2.51. The molecule has 0 unspecified atom stereocenters. The average Bonchev–Trinajstić information content (AvgIpc) is 3.14. The molecule has 2 heterocycles. The van der Waals surface area contributed by atoms with Gasteiger partial charge >= 0.3 is 0 Å². The molecule has 0 atom stereocenters. The van der Waals surface area contributed by atoms with E-state index in [2.05, 4.69) is 20.8 Å². The Kier molecular flexibility index (Phi) is 7.05. The monoisotopic (exact) mass is 478 g/mol. The number of hydrogen-bond donors (Lipinski definition) is 1. The fraction of sp³-hybridized carbons (Fsp3) is 0.350. The minimum absolute atomic E-state index is 0.0399. The molecular formula is C20H23BrN4O3S. The molecule has 3 rings (SSSR count). The van der Waals surface area contributed by atoms with Gasteiger partial charge < -0.3 is 15.5 Å². The van der Waals surface area contributed by atoms with Gasteiger partial charge in [-0.2, -0.15) is 0 Å². The Morgan fingerprint density at radius 3 is 2.28 bits per heavy atom. The highest BCUT2D eigenvalue weighted by molar-refractivity contribution is 9.11. The summed E-state index contributed by atoms with van der Waals surface area (Å²) in [7, 11) is 1.65. The van der Waals surface area contributed by atoms with Crippen molar-refractivity contribution in [2.45, 2.75) is 6.54 Å². The Bertz CT molecular complexity index is 891. The first-order chi connectivity index (χ1) is 13.8. The van der Waals surface area contributed by atoms with Crippen molar-refractivity contribution < 1.29 is 14.4 Å². The van der Waals surface area contributed by atoms with Gasteiger partial charge in [0.1, 0.15) is 0 Å². The number of piperazine rings is 1. The summed E-state index contributed by atoms with van der Waals surface area (Å²) in [5, 5.41) is 0. The predicted molar refractivity (Wildman–Crippen MR) is 116 cm³/mol. The molecule has 0 bridgehead atoms. The quantitative estimate of drug-likeness (QED) is 0.687. The summed E-state index contributed by atoms with van der Waals surface area (Å²) in [5.41, 5.74) is 6.86. The minimum Gasteiger partial charge on any atom is -0.366 e. The highest BCUT2D eigenvalue weighted by Crippen LogP contribution is 2.23. The third kappa shape index (κ3) is 5.65. The maximum Gasteiger partial charge on any atom is 0.264 e. The Balaban J connectivity index is 1.46. The van der Waals surface area contributed by atoms with Crippen molar-refractivity contribution >= 4 is 45.0 Å². The number of likely N-dealkylation sites (N-methyl/N-ethyl adjacent to an activating group) is 1. The molecule has 9 heteroatoms. The first kappa shape index (κ1) is 21.5. The molecule has 1 fully saturated rings. The van der Waals surface area contributed by atoms with Gasteiger partial charge in [-0.25, -0.2) is 0 Å². The number of carbonyl (C=O) groups excluding carboxylic acids is 3. The number of thiophene rings is 1. The second kappa shape index (κ2) is 9.51. The van der Waals surface area contributed by atoms with Crippen LogP contribution in [0.3, 0.4) is 0 Å². The van der Waals surface area contributed by atoms with Crippen LogP contribution in [0.25, 0.3) is 0 Å². The third-order valence-corrected chi connectivity index (χ3v) is 6.48. The molecule has 0 radical (unpaired) electrons. The molecule has 0 spiro atoms. The van der Waals surface area contributed by atoms with Gasteiger partial charge in [-0.3, -0.25) is 19.3 Å². The summed E-state index contributed by atoms with van der Waals surface area (Å²) in [6.07, 6.45) is 0. The molecule has 1 aromatic heterocycles. The van der Waals surface area contributed by atoms with Crippen molar-refractivity contribution in [3.63, 3.8) is 0 Å². The largest absolute Gasteiger partial charge is 0.366 e. The van der Waals surface area contributed by atoms with Gasteiger partial charge in [0.15, 0.2) is 0 Å². The molecule has 1 saturated heterocycles. The maximum absolute atomic E-state index is 12.6. The smallest absolute Gasteiger partial charge is 0.264 e. The van der Waals surface area contributed by atoms with E-state index in [0.717, 1.165) is 29.0 Å². The van der Waals surface area contributed by atoms with Crippen LogP contribution < -0.4 is 5.73 Å². The normalized spacial score (nSPS) is 14.6. The van der Waals surface area contributed by atoms with Crippen molar-refractivity contribution in [2.24, 2.45) is 5.73 Å². The van der Waals surface area contributed by atoms with Gasteiger partial charge in [-0.05, 0) is 45.8 Å². The van der Waals surface area contributed by atoms with Crippen molar-refractivity contribution in [3.05, 3.63) is 56.2 Å². The Labute approximate surface area is 182 Å². The van der Waals surface area contributed by atoms with Crippen LogP contribution in [-0.2, 0) is 11.3 Å². The highest BCUT2D eigenvalue weighted by Gasteiger charge is 2.24. The van der Waals surface area contributed by atoms with Crippen molar-refractivity contribution in [2.75, 3.05) is 39.8 Å². The van der Waals surface area contributed by atoms with Crippen molar-refractivity contribution in [1.29, 1.82) is 0 Å². The van der Waals surface area contributed by atoms with Crippen LogP contribution in [0.1, 0.15) is 25.6 Å².